The second-order valence-corrected chi connectivity index (χ2v) is 7.64. The Balaban J connectivity index is 4.72. The Hall–Kier alpha value is -1.59. The molecular weight excluding hydrogens is 344 g/mol. The summed E-state index contributed by atoms with van der Waals surface area (Å²) in [5.41, 5.74) is 0. The van der Waals surface area contributed by atoms with Gasteiger partial charge in [-0.2, -0.15) is 0 Å². The Bertz CT molecular complexity index is 438. The molecule has 0 spiro atoms. The highest BCUT2D eigenvalue weighted by atomic mass is 16.5. The standard InChI is InChI=1S/C21H40N2O4/c1-6-8-10-11-12-14-19(24)22-18(15-16(3)4)20(25)23-17(13-9-7-2)21(26)27-5/h16-18H,6-15H2,1-5H3,(H,22,24)(H,23,25)/t17-,18-/m0/s1. The Morgan fingerprint density at radius 1 is 0.852 bits per heavy atom. The molecule has 0 bridgehead atoms. The highest BCUT2D eigenvalue weighted by Crippen LogP contribution is 2.09. The van der Waals surface area contributed by atoms with Crippen molar-refractivity contribution in [3.63, 3.8) is 0 Å². The first-order valence-electron chi connectivity index (χ1n) is 10.5. The number of carbonyl (C=O) groups is 3. The molecule has 6 nitrogen and oxygen atoms in total. The third kappa shape index (κ3) is 12.4. The minimum absolute atomic E-state index is 0.101. The van der Waals surface area contributed by atoms with Gasteiger partial charge in [0.15, 0.2) is 0 Å². The molecule has 0 aliphatic heterocycles. The van der Waals surface area contributed by atoms with E-state index in [0.717, 1.165) is 32.1 Å². The van der Waals surface area contributed by atoms with Crippen molar-refractivity contribution in [2.24, 2.45) is 5.92 Å². The van der Waals surface area contributed by atoms with E-state index >= 15 is 0 Å². The fourth-order valence-corrected chi connectivity index (χ4v) is 2.93. The van der Waals surface area contributed by atoms with Gasteiger partial charge in [0.05, 0.1) is 7.11 Å². The summed E-state index contributed by atoms with van der Waals surface area (Å²) in [4.78, 5) is 36.9. The van der Waals surface area contributed by atoms with Crippen molar-refractivity contribution in [2.45, 2.75) is 104 Å². The first-order valence-corrected chi connectivity index (χ1v) is 10.5. The van der Waals surface area contributed by atoms with Crippen LogP contribution in [0.4, 0.5) is 0 Å². The first-order chi connectivity index (χ1) is 12.8. The predicted molar refractivity (Wildman–Crippen MR) is 108 cm³/mol. The SMILES string of the molecule is CCCCCCCC(=O)N[C@@H](CC(C)C)C(=O)N[C@@H](CCCC)C(=O)OC. The summed E-state index contributed by atoms with van der Waals surface area (Å²) < 4.78 is 4.80. The number of nitrogens with one attached hydrogen (secondary N) is 2. The molecule has 0 saturated carbocycles. The molecule has 27 heavy (non-hydrogen) atoms. The van der Waals surface area contributed by atoms with Gasteiger partial charge in [0.1, 0.15) is 12.1 Å². The Morgan fingerprint density at radius 3 is 2.04 bits per heavy atom. The maximum Gasteiger partial charge on any atom is 0.328 e. The van der Waals surface area contributed by atoms with Crippen LogP contribution >= 0.6 is 0 Å². The van der Waals surface area contributed by atoms with Crippen LogP contribution in [-0.2, 0) is 19.1 Å². The lowest BCUT2D eigenvalue weighted by atomic mass is 10.0. The summed E-state index contributed by atoms with van der Waals surface area (Å²) in [6.07, 6.45) is 8.61. The zero-order chi connectivity index (χ0) is 20.7. The lowest BCUT2D eigenvalue weighted by molar-refractivity contribution is -0.145. The number of unbranched alkanes of at least 4 members (excludes halogenated alkanes) is 5. The molecule has 0 unspecified atom stereocenters. The van der Waals surface area contributed by atoms with Crippen LogP contribution in [-0.4, -0.2) is 37.0 Å². The summed E-state index contributed by atoms with van der Waals surface area (Å²) in [7, 11) is 1.32. The van der Waals surface area contributed by atoms with E-state index in [1.165, 1.54) is 20.0 Å². The van der Waals surface area contributed by atoms with Gasteiger partial charge in [-0.25, -0.2) is 4.79 Å². The van der Waals surface area contributed by atoms with Gasteiger partial charge < -0.3 is 15.4 Å². The third-order valence-corrected chi connectivity index (χ3v) is 4.51. The van der Waals surface area contributed by atoms with Crippen LogP contribution in [0.3, 0.4) is 0 Å². The van der Waals surface area contributed by atoms with Crippen molar-refractivity contribution >= 4 is 17.8 Å². The average molecular weight is 385 g/mol. The average Bonchev–Trinajstić information content (AvgIpc) is 2.63. The highest BCUT2D eigenvalue weighted by Gasteiger charge is 2.27. The van der Waals surface area contributed by atoms with Gasteiger partial charge in [0.25, 0.3) is 0 Å². The molecule has 2 N–H and O–H groups in total. The predicted octanol–water partition coefficient (Wildman–Crippen LogP) is 3.73. The van der Waals surface area contributed by atoms with Crippen LogP contribution in [0.25, 0.3) is 0 Å². The maximum absolute atomic E-state index is 12.7. The number of ether oxygens (including phenoxy) is 1. The van der Waals surface area contributed by atoms with Gasteiger partial charge in [0, 0.05) is 6.42 Å². The molecule has 2 amide bonds. The molecule has 0 heterocycles. The fourth-order valence-electron chi connectivity index (χ4n) is 2.93. The number of hydrogen-bond acceptors (Lipinski definition) is 4. The number of esters is 1. The van der Waals surface area contributed by atoms with Crippen LogP contribution in [0.2, 0.25) is 0 Å². The first kappa shape index (κ1) is 25.4. The Kier molecular flexibility index (Phi) is 14.6. The van der Waals surface area contributed by atoms with Gasteiger partial charge in [-0.3, -0.25) is 9.59 Å². The molecule has 0 aromatic rings. The second kappa shape index (κ2) is 15.5. The van der Waals surface area contributed by atoms with Gasteiger partial charge in [-0.1, -0.05) is 66.2 Å². The van der Waals surface area contributed by atoms with Crippen LogP contribution in [0, 0.1) is 5.92 Å². The molecule has 0 aromatic carbocycles. The molecule has 0 aliphatic carbocycles. The van der Waals surface area contributed by atoms with E-state index in [2.05, 4.69) is 17.6 Å². The van der Waals surface area contributed by atoms with E-state index < -0.39 is 18.1 Å². The highest BCUT2D eigenvalue weighted by molar-refractivity contribution is 5.90. The van der Waals surface area contributed by atoms with E-state index in [0.29, 0.717) is 19.3 Å². The number of amides is 2. The molecule has 0 rings (SSSR count). The number of methoxy groups -OCH3 is 1. The largest absolute Gasteiger partial charge is 0.467 e. The molecule has 0 radical (unpaired) electrons. The maximum atomic E-state index is 12.7. The van der Waals surface area contributed by atoms with Crippen LogP contribution in [0.5, 0.6) is 0 Å². The Labute approximate surface area is 165 Å². The number of rotatable bonds is 15. The fraction of sp³-hybridized carbons (Fsp3) is 0.857. The van der Waals surface area contributed by atoms with Crippen LogP contribution < -0.4 is 10.6 Å². The van der Waals surface area contributed by atoms with E-state index in [4.69, 9.17) is 4.74 Å². The zero-order valence-corrected chi connectivity index (χ0v) is 17.9. The lowest BCUT2D eigenvalue weighted by Crippen LogP contribution is -2.52. The van der Waals surface area contributed by atoms with E-state index in [1.807, 2.05) is 20.8 Å². The van der Waals surface area contributed by atoms with E-state index in [9.17, 15) is 14.4 Å². The lowest BCUT2D eigenvalue weighted by Gasteiger charge is -2.23. The third-order valence-electron chi connectivity index (χ3n) is 4.51. The molecule has 2 atom stereocenters. The minimum atomic E-state index is -0.664. The minimum Gasteiger partial charge on any atom is -0.467 e. The van der Waals surface area contributed by atoms with Crippen molar-refractivity contribution in [1.29, 1.82) is 0 Å². The summed E-state index contributed by atoms with van der Waals surface area (Å²) in [6, 6.07) is -1.29. The van der Waals surface area contributed by atoms with Gasteiger partial charge in [0.2, 0.25) is 11.8 Å². The quantitative estimate of drug-likeness (QED) is 0.333. The van der Waals surface area contributed by atoms with Crippen molar-refractivity contribution in [3.05, 3.63) is 0 Å². The summed E-state index contributed by atoms with van der Waals surface area (Å²) in [5.74, 6) is -0.606. The second-order valence-electron chi connectivity index (χ2n) is 7.64. The smallest absolute Gasteiger partial charge is 0.328 e. The molecule has 0 fully saturated rings. The molecule has 6 heteroatoms. The number of carbonyl (C=O) groups excluding carboxylic acids is 3. The van der Waals surface area contributed by atoms with Crippen LogP contribution in [0.15, 0.2) is 0 Å². The summed E-state index contributed by atoms with van der Waals surface area (Å²) in [6.45, 7) is 8.19. The molecular formula is C21H40N2O4. The molecule has 0 aromatic heterocycles. The topological polar surface area (TPSA) is 84.5 Å². The molecule has 158 valence electrons. The van der Waals surface area contributed by atoms with Crippen LogP contribution in [0.1, 0.15) is 91.9 Å². The van der Waals surface area contributed by atoms with E-state index in [1.54, 1.807) is 0 Å². The zero-order valence-electron chi connectivity index (χ0n) is 17.9. The monoisotopic (exact) mass is 384 g/mol. The van der Waals surface area contributed by atoms with Crippen molar-refractivity contribution in [1.82, 2.24) is 10.6 Å². The van der Waals surface area contributed by atoms with Crippen molar-refractivity contribution in [2.75, 3.05) is 7.11 Å². The molecule has 0 aliphatic rings. The molecule has 0 saturated heterocycles. The van der Waals surface area contributed by atoms with Crippen molar-refractivity contribution < 1.29 is 19.1 Å². The Morgan fingerprint density at radius 2 is 1.48 bits per heavy atom. The normalized spacial score (nSPS) is 13.1. The summed E-state index contributed by atoms with van der Waals surface area (Å²) in [5, 5.41) is 5.62. The number of hydrogen-bond donors (Lipinski definition) is 2. The summed E-state index contributed by atoms with van der Waals surface area (Å²) >= 11 is 0. The van der Waals surface area contributed by atoms with Gasteiger partial charge in [-0.05, 0) is 25.2 Å². The van der Waals surface area contributed by atoms with E-state index in [-0.39, 0.29) is 17.7 Å². The van der Waals surface area contributed by atoms with Gasteiger partial charge in [-0.15, -0.1) is 0 Å². The van der Waals surface area contributed by atoms with Crippen molar-refractivity contribution in [3.8, 4) is 0 Å². The van der Waals surface area contributed by atoms with Gasteiger partial charge >= 0.3 is 5.97 Å².